The van der Waals surface area contributed by atoms with Gasteiger partial charge in [0, 0.05) is 37.3 Å². The summed E-state index contributed by atoms with van der Waals surface area (Å²) < 4.78 is 5.49. The van der Waals surface area contributed by atoms with Crippen molar-refractivity contribution in [3.05, 3.63) is 65.4 Å². The van der Waals surface area contributed by atoms with Gasteiger partial charge in [-0.25, -0.2) is 4.98 Å². The van der Waals surface area contributed by atoms with Crippen molar-refractivity contribution in [2.75, 3.05) is 25.5 Å². The molecular weight excluding hydrogens is 378 g/mol. The highest BCUT2D eigenvalue weighted by molar-refractivity contribution is 5.94. The topological polar surface area (TPSA) is 71.5 Å². The third-order valence-electron chi connectivity index (χ3n) is 5.49. The fourth-order valence-corrected chi connectivity index (χ4v) is 3.88. The SMILES string of the molecule is COc1ccccc1C1=CCCN(C(=O)C=Cc2cnc3c(c2)CCC(=O)N3)CC1. The van der Waals surface area contributed by atoms with Crippen LogP contribution in [-0.4, -0.2) is 41.9 Å². The van der Waals surface area contributed by atoms with E-state index in [4.69, 9.17) is 4.74 Å². The maximum absolute atomic E-state index is 12.7. The summed E-state index contributed by atoms with van der Waals surface area (Å²) in [6.07, 6.45) is 10.0. The van der Waals surface area contributed by atoms with E-state index in [9.17, 15) is 9.59 Å². The molecule has 0 saturated heterocycles. The molecule has 1 aromatic carbocycles. The predicted molar refractivity (Wildman–Crippen MR) is 117 cm³/mol. The van der Waals surface area contributed by atoms with Gasteiger partial charge >= 0.3 is 0 Å². The van der Waals surface area contributed by atoms with Gasteiger partial charge < -0.3 is 15.0 Å². The molecule has 6 nitrogen and oxygen atoms in total. The molecule has 0 atom stereocenters. The second-order valence-corrected chi connectivity index (χ2v) is 7.45. The van der Waals surface area contributed by atoms with Crippen molar-refractivity contribution in [1.29, 1.82) is 0 Å². The number of carbonyl (C=O) groups is 2. The second-order valence-electron chi connectivity index (χ2n) is 7.45. The van der Waals surface area contributed by atoms with Crippen LogP contribution in [0.3, 0.4) is 0 Å². The average molecular weight is 403 g/mol. The smallest absolute Gasteiger partial charge is 0.246 e. The van der Waals surface area contributed by atoms with Gasteiger partial charge in [-0.3, -0.25) is 9.59 Å². The van der Waals surface area contributed by atoms with Crippen LogP contribution in [0.15, 0.2) is 48.7 Å². The van der Waals surface area contributed by atoms with Gasteiger partial charge in [0.2, 0.25) is 11.8 Å². The molecule has 4 rings (SSSR count). The lowest BCUT2D eigenvalue weighted by atomic mass is 10.0. The van der Waals surface area contributed by atoms with E-state index in [1.165, 1.54) is 5.57 Å². The van der Waals surface area contributed by atoms with Gasteiger partial charge in [-0.05, 0) is 54.2 Å². The standard InChI is InChI=1S/C24H25N3O3/c1-30-21-7-3-2-6-20(21)18-5-4-13-27(14-12-18)23(29)11-8-17-15-19-9-10-22(28)26-24(19)25-16-17/h2-3,5-8,11,15-16H,4,9-10,12-14H2,1H3,(H,25,26,28). The third kappa shape index (κ3) is 4.43. The molecule has 3 heterocycles. The summed E-state index contributed by atoms with van der Waals surface area (Å²) in [5.74, 6) is 1.48. The predicted octanol–water partition coefficient (Wildman–Crippen LogP) is 3.69. The first-order chi connectivity index (χ1) is 14.6. The zero-order valence-corrected chi connectivity index (χ0v) is 17.1. The van der Waals surface area contributed by atoms with Crippen molar-refractivity contribution < 1.29 is 14.3 Å². The van der Waals surface area contributed by atoms with Crippen molar-refractivity contribution in [2.45, 2.75) is 25.7 Å². The lowest BCUT2D eigenvalue weighted by Gasteiger charge is -2.19. The maximum atomic E-state index is 12.7. The number of rotatable bonds is 4. The molecule has 1 aromatic heterocycles. The molecule has 0 aliphatic carbocycles. The van der Waals surface area contributed by atoms with Crippen LogP contribution < -0.4 is 10.1 Å². The number of fused-ring (bicyclic) bond motifs is 1. The fourth-order valence-electron chi connectivity index (χ4n) is 3.88. The van der Waals surface area contributed by atoms with Crippen molar-refractivity contribution >= 4 is 29.3 Å². The Hall–Kier alpha value is -3.41. The quantitative estimate of drug-likeness (QED) is 0.791. The zero-order valence-electron chi connectivity index (χ0n) is 17.1. The van der Waals surface area contributed by atoms with Gasteiger partial charge in [0.1, 0.15) is 11.6 Å². The van der Waals surface area contributed by atoms with Gasteiger partial charge in [0.05, 0.1) is 7.11 Å². The summed E-state index contributed by atoms with van der Waals surface area (Å²) in [6.45, 7) is 1.36. The molecule has 6 heteroatoms. The summed E-state index contributed by atoms with van der Waals surface area (Å²) in [5.41, 5.74) is 4.18. The summed E-state index contributed by atoms with van der Waals surface area (Å²) in [6, 6.07) is 9.98. The van der Waals surface area contributed by atoms with Crippen LogP contribution in [0, 0.1) is 0 Å². The Morgan fingerprint density at radius 1 is 1.20 bits per heavy atom. The number of carbonyl (C=O) groups excluding carboxylic acids is 2. The number of methoxy groups -OCH3 is 1. The van der Waals surface area contributed by atoms with Gasteiger partial charge in [-0.15, -0.1) is 0 Å². The molecule has 0 saturated carbocycles. The molecule has 0 fully saturated rings. The van der Waals surface area contributed by atoms with Gasteiger partial charge in [0.15, 0.2) is 0 Å². The van der Waals surface area contributed by atoms with Crippen molar-refractivity contribution in [3.8, 4) is 5.75 Å². The highest BCUT2D eigenvalue weighted by atomic mass is 16.5. The first kappa shape index (κ1) is 19.9. The van der Waals surface area contributed by atoms with Gasteiger partial charge in [0.25, 0.3) is 0 Å². The number of aryl methyl sites for hydroxylation is 1. The minimum absolute atomic E-state index is 0.00395. The average Bonchev–Trinajstić information content (AvgIpc) is 3.03. The molecule has 0 radical (unpaired) electrons. The lowest BCUT2D eigenvalue weighted by Crippen LogP contribution is -2.30. The molecule has 0 bridgehead atoms. The van der Waals surface area contributed by atoms with Gasteiger partial charge in [-0.1, -0.05) is 24.3 Å². The number of nitrogens with one attached hydrogen (secondary N) is 1. The summed E-state index contributed by atoms with van der Waals surface area (Å²) in [7, 11) is 1.68. The van der Waals surface area contributed by atoms with Crippen LogP contribution in [0.2, 0.25) is 0 Å². The Labute approximate surface area is 176 Å². The highest BCUT2D eigenvalue weighted by Crippen LogP contribution is 2.30. The Morgan fingerprint density at radius 3 is 2.93 bits per heavy atom. The van der Waals surface area contributed by atoms with Crippen molar-refractivity contribution in [1.82, 2.24) is 9.88 Å². The number of hydrogen-bond donors (Lipinski definition) is 1. The minimum Gasteiger partial charge on any atom is -0.496 e. The molecule has 2 amide bonds. The molecule has 30 heavy (non-hydrogen) atoms. The number of aromatic nitrogens is 1. The van der Waals surface area contributed by atoms with Crippen LogP contribution >= 0.6 is 0 Å². The largest absolute Gasteiger partial charge is 0.496 e. The Balaban J connectivity index is 1.40. The molecular formula is C24H25N3O3. The highest BCUT2D eigenvalue weighted by Gasteiger charge is 2.18. The van der Waals surface area contributed by atoms with Crippen LogP contribution in [0.4, 0.5) is 5.82 Å². The second kappa shape index (κ2) is 8.95. The Kier molecular flexibility index (Phi) is 5.93. The van der Waals surface area contributed by atoms with Crippen LogP contribution in [0.1, 0.15) is 36.0 Å². The van der Waals surface area contributed by atoms with Crippen LogP contribution in [0.5, 0.6) is 5.75 Å². The number of anilines is 1. The van der Waals surface area contributed by atoms with E-state index in [0.29, 0.717) is 31.7 Å². The number of pyridine rings is 1. The van der Waals surface area contributed by atoms with E-state index in [1.807, 2.05) is 29.2 Å². The molecule has 1 N–H and O–H groups in total. The molecule has 2 aliphatic rings. The normalized spacial score (nSPS) is 16.5. The summed E-state index contributed by atoms with van der Waals surface area (Å²) in [4.78, 5) is 30.4. The Morgan fingerprint density at radius 2 is 2.07 bits per heavy atom. The van der Waals surface area contributed by atoms with Gasteiger partial charge in [-0.2, -0.15) is 0 Å². The molecule has 0 unspecified atom stereocenters. The fraction of sp³-hybridized carbons (Fsp3) is 0.292. The zero-order chi connectivity index (χ0) is 20.9. The van der Waals surface area contributed by atoms with Crippen molar-refractivity contribution in [3.63, 3.8) is 0 Å². The van der Waals surface area contributed by atoms with Crippen LogP contribution in [-0.2, 0) is 16.0 Å². The monoisotopic (exact) mass is 403 g/mol. The summed E-state index contributed by atoms with van der Waals surface area (Å²) in [5, 5.41) is 2.77. The molecule has 2 aromatic rings. The molecule has 154 valence electrons. The minimum atomic E-state index is -0.00398. The van der Waals surface area contributed by atoms with E-state index in [1.54, 1.807) is 25.5 Å². The number of para-hydroxylation sites is 1. The first-order valence-electron chi connectivity index (χ1n) is 10.2. The lowest BCUT2D eigenvalue weighted by molar-refractivity contribution is -0.125. The van der Waals surface area contributed by atoms with Crippen molar-refractivity contribution in [2.24, 2.45) is 0 Å². The van der Waals surface area contributed by atoms with Crippen LogP contribution in [0.25, 0.3) is 11.6 Å². The van der Waals surface area contributed by atoms with E-state index in [0.717, 1.165) is 35.3 Å². The van der Waals surface area contributed by atoms with E-state index in [2.05, 4.69) is 22.4 Å². The maximum Gasteiger partial charge on any atom is 0.246 e. The Bertz CT molecular complexity index is 1030. The molecule has 2 aliphatic heterocycles. The summed E-state index contributed by atoms with van der Waals surface area (Å²) >= 11 is 0. The molecule has 0 spiro atoms. The third-order valence-corrected chi connectivity index (χ3v) is 5.49. The van der Waals surface area contributed by atoms with E-state index < -0.39 is 0 Å². The van der Waals surface area contributed by atoms with E-state index >= 15 is 0 Å². The number of nitrogens with zero attached hydrogens (tertiary/aromatic N) is 2. The van der Waals surface area contributed by atoms with E-state index in [-0.39, 0.29) is 11.8 Å². The number of amides is 2. The number of hydrogen-bond acceptors (Lipinski definition) is 4. The number of ether oxygens (including phenoxy) is 1. The first-order valence-corrected chi connectivity index (χ1v) is 10.2. The number of benzene rings is 1.